The van der Waals surface area contributed by atoms with E-state index in [1.54, 1.807) is 25.3 Å². The number of ether oxygens (including phenoxy) is 1. The fraction of sp³-hybridized carbons (Fsp3) is 0.200. The van der Waals surface area contributed by atoms with E-state index in [-0.39, 0.29) is 0 Å². The number of carbonyl (C=O) groups is 1. The minimum absolute atomic E-state index is 0.326. The maximum Gasteiger partial charge on any atom is 0.411 e. The van der Waals surface area contributed by atoms with Gasteiger partial charge in [0.25, 0.3) is 0 Å². The third-order valence-corrected chi connectivity index (χ3v) is 3.23. The van der Waals surface area contributed by atoms with E-state index >= 15 is 0 Å². The molecule has 2 rings (SSSR count). The van der Waals surface area contributed by atoms with Gasteiger partial charge in [0.05, 0.1) is 18.5 Å². The summed E-state index contributed by atoms with van der Waals surface area (Å²) in [6.45, 7) is 4.01. The number of amides is 1. The van der Waals surface area contributed by atoms with E-state index in [1.807, 2.05) is 25.1 Å². The van der Waals surface area contributed by atoms with Gasteiger partial charge in [0.15, 0.2) is 0 Å². The average Bonchev–Trinajstić information content (AvgIpc) is 2.46. The van der Waals surface area contributed by atoms with Crippen LogP contribution in [0.4, 0.5) is 22.0 Å². The number of benzene rings is 1. The first-order valence-electron chi connectivity index (χ1n) is 6.52. The maximum atomic E-state index is 11.3. The zero-order chi connectivity index (χ0) is 15.2. The first-order valence-corrected chi connectivity index (χ1v) is 6.90. The molecule has 0 aliphatic rings. The zero-order valence-electron chi connectivity index (χ0n) is 11.8. The Morgan fingerprint density at radius 2 is 2.14 bits per heavy atom. The first-order chi connectivity index (χ1) is 10.1. The highest BCUT2D eigenvalue weighted by Crippen LogP contribution is 2.25. The number of hydrogen-bond acceptors (Lipinski definition) is 4. The number of carbonyl (C=O) groups excluding carboxylic acids is 1. The number of pyridine rings is 1. The maximum absolute atomic E-state index is 11.3. The van der Waals surface area contributed by atoms with Gasteiger partial charge in [-0.1, -0.05) is 17.7 Å². The van der Waals surface area contributed by atoms with Gasteiger partial charge in [-0.15, -0.1) is 0 Å². The molecule has 0 saturated heterocycles. The lowest BCUT2D eigenvalue weighted by molar-refractivity contribution is 0.168. The summed E-state index contributed by atoms with van der Waals surface area (Å²) < 4.78 is 4.79. The topological polar surface area (TPSA) is 63.2 Å². The largest absolute Gasteiger partial charge is 0.450 e. The fourth-order valence-electron chi connectivity index (χ4n) is 1.71. The predicted octanol–water partition coefficient (Wildman–Crippen LogP) is 4.36. The zero-order valence-corrected chi connectivity index (χ0v) is 12.6. The Labute approximate surface area is 128 Å². The highest BCUT2D eigenvalue weighted by atomic mass is 35.5. The first kappa shape index (κ1) is 15.1. The molecule has 0 atom stereocenters. The van der Waals surface area contributed by atoms with Crippen LogP contribution in [0.25, 0.3) is 0 Å². The van der Waals surface area contributed by atoms with Crippen LogP contribution < -0.4 is 10.6 Å². The predicted molar refractivity (Wildman–Crippen MR) is 84.4 cm³/mol. The second-order valence-corrected chi connectivity index (χ2v) is 4.72. The van der Waals surface area contributed by atoms with Crippen molar-refractivity contribution in [3.05, 3.63) is 47.1 Å². The molecule has 110 valence electrons. The summed E-state index contributed by atoms with van der Waals surface area (Å²) in [4.78, 5) is 15.5. The van der Waals surface area contributed by atoms with Crippen LogP contribution in [0.1, 0.15) is 12.5 Å². The van der Waals surface area contributed by atoms with Crippen LogP contribution in [0.2, 0.25) is 5.02 Å². The molecule has 6 heteroatoms. The number of nitrogens with zero attached hydrogens (tertiary/aromatic N) is 1. The number of nitrogens with one attached hydrogen (secondary N) is 2. The quantitative estimate of drug-likeness (QED) is 0.881. The van der Waals surface area contributed by atoms with Crippen LogP contribution in [-0.2, 0) is 4.74 Å². The molecule has 1 aromatic heterocycles. The Morgan fingerprint density at radius 1 is 1.33 bits per heavy atom. The number of anilines is 3. The van der Waals surface area contributed by atoms with Crippen LogP contribution in [0.5, 0.6) is 0 Å². The SMILES string of the molecule is CCOC(=O)Nc1ccc(Nc2cccc(Cl)c2C)nc1. The van der Waals surface area contributed by atoms with Crippen molar-refractivity contribution < 1.29 is 9.53 Å². The van der Waals surface area contributed by atoms with Crippen LogP contribution in [0.3, 0.4) is 0 Å². The molecule has 0 fully saturated rings. The highest BCUT2D eigenvalue weighted by Gasteiger charge is 2.05. The molecule has 1 amide bonds. The lowest BCUT2D eigenvalue weighted by Gasteiger charge is -2.10. The highest BCUT2D eigenvalue weighted by molar-refractivity contribution is 6.31. The van der Waals surface area contributed by atoms with Crippen LogP contribution in [0.15, 0.2) is 36.5 Å². The number of hydrogen-bond donors (Lipinski definition) is 2. The Balaban J connectivity index is 2.05. The molecule has 0 spiro atoms. The molecule has 21 heavy (non-hydrogen) atoms. The Kier molecular flexibility index (Phi) is 5.00. The van der Waals surface area contributed by atoms with E-state index in [4.69, 9.17) is 16.3 Å². The Bertz CT molecular complexity index is 629. The van der Waals surface area contributed by atoms with Gasteiger partial charge >= 0.3 is 6.09 Å². The van der Waals surface area contributed by atoms with Gasteiger partial charge in [0.1, 0.15) is 5.82 Å². The minimum Gasteiger partial charge on any atom is -0.450 e. The monoisotopic (exact) mass is 305 g/mol. The molecular formula is C15H16ClN3O2. The Hall–Kier alpha value is -2.27. The smallest absolute Gasteiger partial charge is 0.411 e. The Morgan fingerprint density at radius 3 is 2.81 bits per heavy atom. The summed E-state index contributed by atoms with van der Waals surface area (Å²) in [6.07, 6.45) is 1.06. The third kappa shape index (κ3) is 4.10. The van der Waals surface area contributed by atoms with E-state index in [0.717, 1.165) is 11.3 Å². The third-order valence-electron chi connectivity index (χ3n) is 2.82. The van der Waals surface area contributed by atoms with Gasteiger partial charge in [0, 0.05) is 10.7 Å². The summed E-state index contributed by atoms with van der Waals surface area (Å²) in [5, 5.41) is 6.46. The normalized spacial score (nSPS) is 10.0. The van der Waals surface area contributed by atoms with Crippen molar-refractivity contribution in [2.75, 3.05) is 17.2 Å². The molecule has 1 heterocycles. The van der Waals surface area contributed by atoms with Crippen LogP contribution in [0, 0.1) is 6.92 Å². The van der Waals surface area contributed by atoms with E-state index in [0.29, 0.717) is 23.1 Å². The number of aromatic nitrogens is 1. The molecule has 0 unspecified atom stereocenters. The van der Waals surface area contributed by atoms with Crippen molar-refractivity contribution in [1.82, 2.24) is 4.98 Å². The molecule has 0 radical (unpaired) electrons. The van der Waals surface area contributed by atoms with E-state index in [2.05, 4.69) is 15.6 Å². The van der Waals surface area contributed by atoms with Gasteiger partial charge in [0.2, 0.25) is 0 Å². The lowest BCUT2D eigenvalue weighted by Crippen LogP contribution is -2.13. The van der Waals surface area contributed by atoms with Gasteiger partial charge in [-0.25, -0.2) is 9.78 Å². The summed E-state index contributed by atoms with van der Waals surface area (Å²) in [5.74, 6) is 0.662. The van der Waals surface area contributed by atoms with Crippen molar-refractivity contribution in [1.29, 1.82) is 0 Å². The molecule has 2 N–H and O–H groups in total. The summed E-state index contributed by atoms with van der Waals surface area (Å²) in [7, 11) is 0. The number of rotatable bonds is 4. The average molecular weight is 306 g/mol. The summed E-state index contributed by atoms with van der Waals surface area (Å²) in [5.41, 5.74) is 2.41. The molecule has 5 nitrogen and oxygen atoms in total. The molecule has 1 aromatic carbocycles. The molecular weight excluding hydrogens is 290 g/mol. The standard InChI is InChI=1S/C15H16ClN3O2/c1-3-21-15(20)18-11-7-8-14(17-9-11)19-13-6-4-5-12(16)10(13)2/h4-9H,3H2,1-2H3,(H,17,19)(H,18,20). The molecule has 0 aliphatic heterocycles. The lowest BCUT2D eigenvalue weighted by atomic mass is 10.2. The van der Waals surface area contributed by atoms with E-state index in [9.17, 15) is 4.79 Å². The second-order valence-electron chi connectivity index (χ2n) is 4.31. The van der Waals surface area contributed by atoms with Gasteiger partial charge in [-0.2, -0.15) is 0 Å². The van der Waals surface area contributed by atoms with Crippen LogP contribution >= 0.6 is 11.6 Å². The van der Waals surface area contributed by atoms with E-state index in [1.165, 1.54) is 0 Å². The summed E-state index contributed by atoms with van der Waals surface area (Å²) >= 11 is 6.07. The molecule has 0 bridgehead atoms. The van der Waals surface area contributed by atoms with Crippen LogP contribution in [-0.4, -0.2) is 17.7 Å². The summed E-state index contributed by atoms with van der Waals surface area (Å²) in [6, 6.07) is 9.14. The van der Waals surface area contributed by atoms with Crippen molar-refractivity contribution in [2.24, 2.45) is 0 Å². The van der Waals surface area contributed by atoms with Crippen molar-refractivity contribution in [3.63, 3.8) is 0 Å². The number of halogens is 1. The van der Waals surface area contributed by atoms with E-state index < -0.39 is 6.09 Å². The molecule has 0 aliphatic carbocycles. The van der Waals surface area contributed by atoms with Gasteiger partial charge in [-0.05, 0) is 43.7 Å². The van der Waals surface area contributed by atoms with Gasteiger partial charge in [-0.3, -0.25) is 5.32 Å². The molecule has 0 saturated carbocycles. The van der Waals surface area contributed by atoms with Crippen molar-refractivity contribution in [3.8, 4) is 0 Å². The van der Waals surface area contributed by atoms with Gasteiger partial charge < -0.3 is 10.1 Å². The fourth-order valence-corrected chi connectivity index (χ4v) is 1.88. The van der Waals surface area contributed by atoms with Crippen molar-refractivity contribution >= 4 is 34.9 Å². The minimum atomic E-state index is -0.495. The van der Waals surface area contributed by atoms with Crippen molar-refractivity contribution in [2.45, 2.75) is 13.8 Å². The second kappa shape index (κ2) is 6.95. The molecule has 2 aromatic rings.